The molecule has 0 spiro atoms. The summed E-state index contributed by atoms with van der Waals surface area (Å²) < 4.78 is 9.81. The first-order valence-corrected chi connectivity index (χ1v) is 4.60. The third-order valence-corrected chi connectivity index (χ3v) is 1.87. The van der Waals surface area contributed by atoms with Crippen molar-refractivity contribution in [3.8, 4) is 0 Å². The largest absolute Gasteiger partial charge is 0.373 e. The minimum atomic E-state index is 0.634. The Morgan fingerprint density at radius 3 is 1.73 bits per heavy atom. The van der Waals surface area contributed by atoms with Crippen LogP contribution in [0.1, 0.15) is 33.1 Å². The zero-order chi connectivity index (χ0) is 8.10. The van der Waals surface area contributed by atoms with Crippen LogP contribution in [-0.2, 0) is 9.47 Å². The van der Waals surface area contributed by atoms with Crippen LogP contribution in [0.4, 0.5) is 0 Å². The molecule has 2 aliphatic heterocycles. The van der Waals surface area contributed by atoms with Gasteiger partial charge in [0.15, 0.2) is 0 Å². The monoisotopic (exact) mass is 158 g/mol. The first-order valence-electron chi connectivity index (χ1n) is 4.60. The minimum Gasteiger partial charge on any atom is -0.373 e. The van der Waals surface area contributed by atoms with Crippen molar-refractivity contribution in [2.75, 3.05) is 13.2 Å². The van der Waals surface area contributed by atoms with E-state index in [1.54, 1.807) is 0 Å². The van der Waals surface area contributed by atoms with E-state index in [2.05, 4.69) is 13.8 Å². The summed E-state index contributed by atoms with van der Waals surface area (Å²) in [6, 6.07) is 0. The lowest BCUT2D eigenvalue weighted by molar-refractivity contribution is 0.395. The van der Waals surface area contributed by atoms with E-state index in [0.717, 1.165) is 13.2 Å². The molecule has 0 N–H and O–H groups in total. The maximum absolute atomic E-state index is 4.95. The van der Waals surface area contributed by atoms with Crippen molar-refractivity contribution in [1.29, 1.82) is 0 Å². The average molecular weight is 158 g/mol. The number of hydrogen-bond acceptors (Lipinski definition) is 2. The molecule has 0 saturated carbocycles. The average Bonchev–Trinajstić information content (AvgIpc) is 2.87. The molecule has 2 fully saturated rings. The first kappa shape index (κ1) is 9.01. The summed E-state index contributed by atoms with van der Waals surface area (Å²) in [7, 11) is 0. The molecule has 2 unspecified atom stereocenters. The summed E-state index contributed by atoms with van der Waals surface area (Å²) in [6.45, 7) is 6.35. The molecule has 0 amide bonds. The number of rotatable bonds is 3. The zero-order valence-electron chi connectivity index (χ0n) is 7.51. The highest BCUT2D eigenvalue weighted by atomic mass is 16.6. The fraction of sp³-hybridized carbons (Fsp3) is 1.00. The van der Waals surface area contributed by atoms with E-state index < -0.39 is 0 Å². The van der Waals surface area contributed by atoms with Gasteiger partial charge in [0.2, 0.25) is 0 Å². The second-order valence-electron chi connectivity index (χ2n) is 3.11. The van der Waals surface area contributed by atoms with Crippen LogP contribution in [0.15, 0.2) is 0 Å². The minimum absolute atomic E-state index is 0.634. The summed E-state index contributed by atoms with van der Waals surface area (Å²) in [5, 5.41) is 0. The Kier molecular flexibility index (Phi) is 3.87. The third kappa shape index (κ3) is 5.22. The van der Waals surface area contributed by atoms with Crippen LogP contribution < -0.4 is 0 Å². The van der Waals surface area contributed by atoms with E-state index in [1.807, 2.05) is 0 Å². The van der Waals surface area contributed by atoms with Gasteiger partial charge in [-0.1, -0.05) is 20.3 Å². The van der Waals surface area contributed by atoms with Crippen molar-refractivity contribution >= 4 is 0 Å². The second kappa shape index (κ2) is 4.73. The van der Waals surface area contributed by atoms with Crippen LogP contribution >= 0.6 is 0 Å². The summed E-state index contributed by atoms with van der Waals surface area (Å²) in [5.41, 5.74) is 0. The van der Waals surface area contributed by atoms with Gasteiger partial charge in [-0.25, -0.2) is 0 Å². The smallest absolute Gasteiger partial charge is 0.0809 e. The Labute approximate surface area is 68.9 Å². The summed E-state index contributed by atoms with van der Waals surface area (Å²) >= 11 is 0. The lowest BCUT2D eigenvalue weighted by Crippen LogP contribution is -1.78. The molecule has 0 bridgehead atoms. The van der Waals surface area contributed by atoms with E-state index in [-0.39, 0.29) is 0 Å². The lowest BCUT2D eigenvalue weighted by atomic mass is 10.3. The van der Waals surface area contributed by atoms with Gasteiger partial charge in [-0.3, -0.25) is 0 Å². The van der Waals surface area contributed by atoms with Gasteiger partial charge in [-0.05, 0) is 12.8 Å². The molecule has 66 valence electrons. The molecular weight excluding hydrogens is 140 g/mol. The van der Waals surface area contributed by atoms with E-state index in [1.165, 1.54) is 19.3 Å². The highest BCUT2D eigenvalue weighted by Gasteiger charge is 2.19. The van der Waals surface area contributed by atoms with Gasteiger partial charge >= 0.3 is 0 Å². The van der Waals surface area contributed by atoms with Crippen molar-refractivity contribution in [3.05, 3.63) is 0 Å². The molecule has 2 rings (SSSR count). The number of epoxide rings is 2. The molecule has 0 aromatic heterocycles. The van der Waals surface area contributed by atoms with Gasteiger partial charge in [0, 0.05) is 0 Å². The van der Waals surface area contributed by atoms with Gasteiger partial charge in [-0.15, -0.1) is 0 Å². The summed E-state index contributed by atoms with van der Waals surface area (Å²) in [4.78, 5) is 0. The van der Waals surface area contributed by atoms with Crippen LogP contribution in [0.5, 0.6) is 0 Å². The SMILES string of the molecule is CCC1CO1.CCCC1CO1. The maximum atomic E-state index is 4.95. The molecule has 0 aromatic rings. The highest BCUT2D eigenvalue weighted by molar-refractivity contribution is 4.66. The molecule has 11 heavy (non-hydrogen) atoms. The quantitative estimate of drug-likeness (QED) is 0.587. The molecule has 2 nitrogen and oxygen atoms in total. The highest BCUT2D eigenvalue weighted by Crippen LogP contribution is 2.14. The molecule has 0 aliphatic carbocycles. The van der Waals surface area contributed by atoms with Gasteiger partial charge in [0.25, 0.3) is 0 Å². The molecular formula is C9H18O2. The Bertz CT molecular complexity index is 95.7. The van der Waals surface area contributed by atoms with Crippen LogP contribution in [0.25, 0.3) is 0 Å². The van der Waals surface area contributed by atoms with E-state index in [9.17, 15) is 0 Å². The zero-order valence-corrected chi connectivity index (χ0v) is 7.51. The lowest BCUT2D eigenvalue weighted by Gasteiger charge is -1.79. The number of hydrogen-bond donors (Lipinski definition) is 0. The van der Waals surface area contributed by atoms with Crippen LogP contribution in [0, 0.1) is 0 Å². The fourth-order valence-electron chi connectivity index (χ4n) is 0.860. The van der Waals surface area contributed by atoms with Crippen molar-refractivity contribution in [1.82, 2.24) is 0 Å². The fourth-order valence-corrected chi connectivity index (χ4v) is 0.860. The topological polar surface area (TPSA) is 25.1 Å². The molecule has 2 heterocycles. The molecule has 2 heteroatoms. The predicted molar refractivity (Wildman–Crippen MR) is 44.7 cm³/mol. The molecule has 2 aliphatic rings. The second-order valence-corrected chi connectivity index (χ2v) is 3.11. The Balaban J connectivity index is 0.000000112. The van der Waals surface area contributed by atoms with E-state index >= 15 is 0 Å². The Morgan fingerprint density at radius 1 is 1.09 bits per heavy atom. The van der Waals surface area contributed by atoms with Crippen LogP contribution in [-0.4, -0.2) is 25.4 Å². The Morgan fingerprint density at radius 2 is 1.64 bits per heavy atom. The van der Waals surface area contributed by atoms with Gasteiger partial charge in [-0.2, -0.15) is 0 Å². The summed E-state index contributed by atoms with van der Waals surface area (Å²) in [6.07, 6.45) is 5.01. The van der Waals surface area contributed by atoms with Crippen molar-refractivity contribution in [2.45, 2.75) is 45.3 Å². The van der Waals surface area contributed by atoms with Gasteiger partial charge in [0.05, 0.1) is 25.4 Å². The standard InChI is InChI=1S/C5H10O.C4H8O/c1-2-3-5-4-6-5;1-2-4-3-5-4/h5H,2-4H2,1H3;4H,2-3H2,1H3. The number of ether oxygens (including phenoxy) is 2. The predicted octanol–water partition coefficient (Wildman–Crippen LogP) is 1.98. The van der Waals surface area contributed by atoms with Crippen molar-refractivity contribution < 1.29 is 9.47 Å². The molecule has 0 aromatic carbocycles. The van der Waals surface area contributed by atoms with E-state index in [0.29, 0.717) is 12.2 Å². The molecule has 0 radical (unpaired) electrons. The van der Waals surface area contributed by atoms with Gasteiger partial charge < -0.3 is 9.47 Å². The maximum Gasteiger partial charge on any atom is 0.0809 e. The summed E-state index contributed by atoms with van der Waals surface area (Å²) in [5.74, 6) is 0. The van der Waals surface area contributed by atoms with E-state index in [4.69, 9.17) is 9.47 Å². The molecule has 2 saturated heterocycles. The van der Waals surface area contributed by atoms with Crippen molar-refractivity contribution in [2.24, 2.45) is 0 Å². The van der Waals surface area contributed by atoms with Gasteiger partial charge in [0.1, 0.15) is 0 Å². The van der Waals surface area contributed by atoms with Crippen molar-refractivity contribution in [3.63, 3.8) is 0 Å². The van der Waals surface area contributed by atoms with Crippen LogP contribution in [0.2, 0.25) is 0 Å². The first-order chi connectivity index (χ1) is 5.36. The third-order valence-electron chi connectivity index (χ3n) is 1.87. The Hall–Kier alpha value is -0.0800. The molecule has 2 atom stereocenters. The van der Waals surface area contributed by atoms with Crippen LogP contribution in [0.3, 0.4) is 0 Å². The normalized spacial score (nSPS) is 32.2.